The van der Waals surface area contributed by atoms with Gasteiger partial charge < -0.3 is 20.3 Å². The number of ether oxygens (including phenoxy) is 1. The van der Waals surface area contributed by atoms with Crippen molar-refractivity contribution in [2.75, 3.05) is 59.5 Å². The highest BCUT2D eigenvalue weighted by molar-refractivity contribution is 14.0. The molecule has 6 nitrogen and oxygen atoms in total. The standard InChI is InChI=1S/C21H45N5O.HI/c1-7-25(8-2)11-9-10-19(5)24-21(22-6)23-17-20(16-18(3)4)26-12-14-27-15-13-26;/h18-20H,7-17H2,1-6H3,(H2,22,23,24);1H. The zero-order valence-corrected chi connectivity index (χ0v) is 21.5. The van der Waals surface area contributed by atoms with E-state index in [1.54, 1.807) is 0 Å². The SMILES string of the molecule is CCN(CC)CCCC(C)NC(=NC)NCC(CC(C)C)N1CCOCC1.I. The van der Waals surface area contributed by atoms with Crippen LogP contribution in [-0.2, 0) is 4.74 Å². The zero-order chi connectivity index (χ0) is 20.1. The number of guanidine groups is 1. The van der Waals surface area contributed by atoms with Crippen LogP contribution in [0.3, 0.4) is 0 Å². The molecule has 0 saturated carbocycles. The molecule has 1 aliphatic rings. The highest BCUT2D eigenvalue weighted by Gasteiger charge is 2.22. The van der Waals surface area contributed by atoms with E-state index in [4.69, 9.17) is 4.74 Å². The van der Waals surface area contributed by atoms with Gasteiger partial charge in [-0.25, -0.2) is 0 Å². The Kier molecular flexibility index (Phi) is 16.6. The van der Waals surface area contributed by atoms with E-state index in [0.29, 0.717) is 18.0 Å². The monoisotopic (exact) mass is 511 g/mol. The van der Waals surface area contributed by atoms with Crippen LogP contribution in [0.15, 0.2) is 4.99 Å². The molecule has 0 bridgehead atoms. The third-order valence-corrected chi connectivity index (χ3v) is 5.42. The van der Waals surface area contributed by atoms with Gasteiger partial charge >= 0.3 is 0 Å². The molecule has 0 radical (unpaired) electrons. The van der Waals surface area contributed by atoms with Crippen molar-refractivity contribution in [3.05, 3.63) is 0 Å². The smallest absolute Gasteiger partial charge is 0.191 e. The van der Waals surface area contributed by atoms with Crippen LogP contribution < -0.4 is 10.6 Å². The quantitative estimate of drug-likeness (QED) is 0.240. The molecular weight excluding hydrogens is 465 g/mol. The number of hydrogen-bond donors (Lipinski definition) is 2. The molecule has 28 heavy (non-hydrogen) atoms. The second-order valence-electron chi connectivity index (χ2n) is 8.10. The van der Waals surface area contributed by atoms with Crippen molar-refractivity contribution in [2.45, 2.75) is 66.0 Å². The molecule has 0 aromatic rings. The first kappa shape index (κ1) is 27.9. The van der Waals surface area contributed by atoms with Crippen molar-refractivity contribution in [1.82, 2.24) is 20.4 Å². The van der Waals surface area contributed by atoms with Gasteiger partial charge in [-0.2, -0.15) is 0 Å². The minimum absolute atomic E-state index is 0. The van der Waals surface area contributed by atoms with E-state index in [2.05, 4.69) is 60.0 Å². The van der Waals surface area contributed by atoms with E-state index < -0.39 is 0 Å². The molecule has 1 aliphatic heterocycles. The predicted molar refractivity (Wildman–Crippen MR) is 132 cm³/mol. The van der Waals surface area contributed by atoms with Gasteiger partial charge in [0.2, 0.25) is 0 Å². The average molecular weight is 512 g/mol. The predicted octanol–water partition coefficient (Wildman–Crippen LogP) is 3.03. The summed E-state index contributed by atoms with van der Waals surface area (Å²) in [7, 11) is 1.87. The number of aliphatic imine (C=N–C) groups is 1. The average Bonchev–Trinajstić information content (AvgIpc) is 2.67. The molecule has 0 amide bonds. The molecular formula is C21H46IN5O. The lowest BCUT2D eigenvalue weighted by molar-refractivity contribution is 0.0132. The Morgan fingerprint density at radius 2 is 1.79 bits per heavy atom. The third kappa shape index (κ3) is 11.8. The molecule has 1 heterocycles. The molecule has 0 spiro atoms. The van der Waals surface area contributed by atoms with Crippen molar-refractivity contribution < 1.29 is 4.74 Å². The Morgan fingerprint density at radius 1 is 1.14 bits per heavy atom. The van der Waals surface area contributed by atoms with Crippen molar-refractivity contribution in [3.8, 4) is 0 Å². The minimum atomic E-state index is 0. The highest BCUT2D eigenvalue weighted by atomic mass is 127. The van der Waals surface area contributed by atoms with Gasteiger partial charge in [-0.1, -0.05) is 27.7 Å². The maximum absolute atomic E-state index is 5.52. The Morgan fingerprint density at radius 3 is 2.32 bits per heavy atom. The summed E-state index contributed by atoms with van der Waals surface area (Å²) >= 11 is 0. The fraction of sp³-hybridized carbons (Fsp3) is 0.952. The highest BCUT2D eigenvalue weighted by Crippen LogP contribution is 2.13. The van der Waals surface area contributed by atoms with Gasteiger partial charge in [0.15, 0.2) is 5.96 Å². The first-order valence-electron chi connectivity index (χ1n) is 11.0. The molecule has 7 heteroatoms. The van der Waals surface area contributed by atoms with Crippen molar-refractivity contribution in [1.29, 1.82) is 0 Å². The normalized spacial score (nSPS) is 18.1. The Bertz CT molecular complexity index is 398. The summed E-state index contributed by atoms with van der Waals surface area (Å²) in [4.78, 5) is 9.49. The number of halogens is 1. The summed E-state index contributed by atoms with van der Waals surface area (Å²) in [6.07, 6.45) is 3.58. The molecule has 0 aromatic heterocycles. The second kappa shape index (κ2) is 16.7. The van der Waals surface area contributed by atoms with Crippen molar-refractivity contribution >= 4 is 29.9 Å². The van der Waals surface area contributed by atoms with Gasteiger partial charge in [0.1, 0.15) is 0 Å². The fourth-order valence-electron chi connectivity index (χ4n) is 3.72. The Hall–Kier alpha value is -0.120. The molecule has 2 atom stereocenters. The van der Waals surface area contributed by atoms with E-state index in [1.807, 2.05) is 7.05 Å². The van der Waals surface area contributed by atoms with Crippen LogP contribution >= 0.6 is 24.0 Å². The van der Waals surface area contributed by atoms with Crippen LogP contribution in [0.2, 0.25) is 0 Å². The Balaban J connectivity index is 0.00000729. The Labute approximate surface area is 191 Å². The summed E-state index contributed by atoms with van der Waals surface area (Å²) in [5.74, 6) is 1.61. The van der Waals surface area contributed by atoms with Crippen LogP contribution in [0.5, 0.6) is 0 Å². The maximum Gasteiger partial charge on any atom is 0.191 e. The number of nitrogens with zero attached hydrogens (tertiary/aromatic N) is 3. The van der Waals surface area contributed by atoms with Crippen LogP contribution in [-0.4, -0.2) is 87.4 Å². The third-order valence-electron chi connectivity index (χ3n) is 5.42. The zero-order valence-electron chi connectivity index (χ0n) is 19.2. The largest absolute Gasteiger partial charge is 0.379 e. The lowest BCUT2D eigenvalue weighted by atomic mass is 10.0. The second-order valence-corrected chi connectivity index (χ2v) is 8.10. The number of hydrogen-bond acceptors (Lipinski definition) is 4. The molecule has 0 aromatic carbocycles. The summed E-state index contributed by atoms with van der Waals surface area (Å²) in [6.45, 7) is 19.5. The van der Waals surface area contributed by atoms with Gasteiger partial charge in [-0.15, -0.1) is 24.0 Å². The first-order valence-corrected chi connectivity index (χ1v) is 11.0. The first-order chi connectivity index (χ1) is 13.0. The molecule has 1 fully saturated rings. The van der Waals surface area contributed by atoms with Gasteiger partial charge in [0.05, 0.1) is 13.2 Å². The minimum Gasteiger partial charge on any atom is -0.379 e. The van der Waals surface area contributed by atoms with Crippen LogP contribution in [0.1, 0.15) is 53.9 Å². The fourth-order valence-corrected chi connectivity index (χ4v) is 3.72. The van der Waals surface area contributed by atoms with Gasteiger partial charge in [-0.3, -0.25) is 9.89 Å². The number of rotatable bonds is 12. The van der Waals surface area contributed by atoms with E-state index >= 15 is 0 Å². The summed E-state index contributed by atoms with van der Waals surface area (Å²) in [6, 6.07) is 0.962. The maximum atomic E-state index is 5.52. The molecule has 0 aliphatic carbocycles. The van der Waals surface area contributed by atoms with Crippen LogP contribution in [0, 0.1) is 5.92 Å². The van der Waals surface area contributed by atoms with Crippen molar-refractivity contribution in [2.24, 2.45) is 10.9 Å². The van der Waals surface area contributed by atoms with Crippen molar-refractivity contribution in [3.63, 3.8) is 0 Å². The lowest BCUT2D eigenvalue weighted by Gasteiger charge is -2.36. The van der Waals surface area contributed by atoms with Gasteiger partial charge in [-0.05, 0) is 51.7 Å². The topological polar surface area (TPSA) is 52.1 Å². The molecule has 1 saturated heterocycles. The summed E-state index contributed by atoms with van der Waals surface area (Å²) in [5.41, 5.74) is 0. The van der Waals surface area contributed by atoms with Gasteiger partial charge in [0, 0.05) is 38.8 Å². The summed E-state index contributed by atoms with van der Waals surface area (Å²) in [5, 5.41) is 7.14. The summed E-state index contributed by atoms with van der Waals surface area (Å²) < 4.78 is 5.52. The number of nitrogens with one attached hydrogen (secondary N) is 2. The van der Waals surface area contributed by atoms with E-state index in [1.165, 1.54) is 19.4 Å². The molecule has 2 N–H and O–H groups in total. The van der Waals surface area contributed by atoms with E-state index in [0.717, 1.165) is 58.3 Å². The van der Waals surface area contributed by atoms with E-state index in [-0.39, 0.29) is 24.0 Å². The lowest BCUT2D eigenvalue weighted by Crippen LogP contribution is -2.52. The molecule has 1 rings (SSSR count). The van der Waals surface area contributed by atoms with Crippen LogP contribution in [0.25, 0.3) is 0 Å². The van der Waals surface area contributed by atoms with E-state index in [9.17, 15) is 0 Å². The molecule has 2 unspecified atom stereocenters. The number of morpholine rings is 1. The van der Waals surface area contributed by atoms with Gasteiger partial charge in [0.25, 0.3) is 0 Å². The van der Waals surface area contributed by atoms with Crippen LogP contribution in [0.4, 0.5) is 0 Å². The molecule has 168 valence electrons.